The van der Waals surface area contributed by atoms with E-state index < -0.39 is 5.41 Å². The average molecular weight is 728 g/mol. The summed E-state index contributed by atoms with van der Waals surface area (Å²) in [4.78, 5) is 2.44. The highest BCUT2D eigenvalue weighted by Crippen LogP contribution is 2.62. The second-order valence-electron chi connectivity index (χ2n) is 16.1. The van der Waals surface area contributed by atoms with E-state index in [0.29, 0.717) is 0 Å². The van der Waals surface area contributed by atoms with E-state index >= 15 is 0 Å². The predicted octanol–water partition coefficient (Wildman–Crippen LogP) is 14.6. The molecule has 0 radical (unpaired) electrons. The quantitative estimate of drug-likeness (QED) is 0.171. The zero-order chi connectivity index (χ0) is 38.1. The van der Waals surface area contributed by atoms with Gasteiger partial charge in [0.25, 0.3) is 0 Å². The molecule has 0 unspecified atom stereocenters. The van der Waals surface area contributed by atoms with Crippen LogP contribution in [-0.4, -0.2) is 0 Å². The summed E-state index contributed by atoms with van der Waals surface area (Å²) in [6.07, 6.45) is 0. The molecule has 0 aromatic heterocycles. The first kappa shape index (κ1) is 33.4. The number of fused-ring (bicyclic) bond motifs is 10. The van der Waals surface area contributed by atoms with Gasteiger partial charge in [-0.25, -0.2) is 0 Å². The van der Waals surface area contributed by atoms with Gasteiger partial charge >= 0.3 is 0 Å². The third-order valence-electron chi connectivity index (χ3n) is 12.7. The van der Waals surface area contributed by atoms with Gasteiger partial charge in [-0.3, -0.25) is 0 Å². The van der Waals surface area contributed by atoms with E-state index in [4.69, 9.17) is 0 Å². The van der Waals surface area contributed by atoms with Gasteiger partial charge in [0.05, 0.1) is 11.1 Å². The van der Waals surface area contributed by atoms with Crippen LogP contribution in [0.25, 0.3) is 44.2 Å². The third-order valence-corrected chi connectivity index (χ3v) is 12.7. The summed E-state index contributed by atoms with van der Waals surface area (Å²) in [6, 6.07) is 78.7. The van der Waals surface area contributed by atoms with Crippen molar-refractivity contribution < 1.29 is 0 Å². The molecule has 2 aliphatic rings. The van der Waals surface area contributed by atoms with Gasteiger partial charge < -0.3 is 4.90 Å². The lowest BCUT2D eigenvalue weighted by Gasteiger charge is -2.47. The van der Waals surface area contributed by atoms with Crippen molar-refractivity contribution in [2.75, 3.05) is 4.90 Å². The summed E-state index contributed by atoms with van der Waals surface area (Å²) in [7, 11) is 0. The van der Waals surface area contributed by atoms with Gasteiger partial charge in [0.2, 0.25) is 0 Å². The Balaban J connectivity index is 1.15. The lowest BCUT2D eigenvalue weighted by Crippen LogP contribution is -2.40. The lowest BCUT2D eigenvalue weighted by molar-refractivity contribution is 0.563. The second-order valence-corrected chi connectivity index (χ2v) is 16.1. The maximum absolute atomic E-state index is 2.51. The van der Waals surface area contributed by atoms with Gasteiger partial charge in [0.15, 0.2) is 0 Å². The molecule has 0 saturated carbocycles. The molecule has 0 amide bonds. The molecule has 0 saturated heterocycles. The number of benzene rings is 9. The van der Waals surface area contributed by atoms with Crippen LogP contribution in [0.1, 0.15) is 47.2 Å². The first-order valence-corrected chi connectivity index (χ1v) is 20.0. The van der Waals surface area contributed by atoms with Crippen LogP contribution in [0.2, 0.25) is 0 Å². The van der Waals surface area contributed by atoms with Gasteiger partial charge in [-0.15, -0.1) is 0 Å². The van der Waals surface area contributed by atoms with E-state index in [0.717, 1.165) is 17.1 Å². The number of rotatable bonds is 5. The predicted molar refractivity (Wildman–Crippen MR) is 239 cm³/mol. The fourth-order valence-electron chi connectivity index (χ4n) is 10.1. The standard InChI is InChI=1S/C56H41N/c1-55(2)50-28-13-14-29-51(50)56(48-26-11-8-24-46(48)47-25-9-12-27-49(47)56)52-34-32-42(37-53(52)55)45-23-10-15-30-54(45)57(44-33-31-39-19-6-7-20-40(39)36-44)43-22-16-21-41(35-43)38-17-4-3-5-18-38/h3-37H,1-2H3. The molecular formula is C56H41N. The Morgan fingerprint density at radius 3 is 1.63 bits per heavy atom. The lowest BCUT2D eigenvalue weighted by atomic mass is 9.55. The molecule has 270 valence electrons. The van der Waals surface area contributed by atoms with Crippen molar-refractivity contribution in [3.63, 3.8) is 0 Å². The van der Waals surface area contributed by atoms with E-state index in [1.165, 1.54) is 77.5 Å². The van der Waals surface area contributed by atoms with Crippen molar-refractivity contribution in [2.24, 2.45) is 0 Å². The highest BCUT2D eigenvalue weighted by Gasteiger charge is 2.53. The molecule has 9 aromatic carbocycles. The summed E-state index contributed by atoms with van der Waals surface area (Å²) < 4.78 is 0. The topological polar surface area (TPSA) is 3.24 Å². The monoisotopic (exact) mass is 727 g/mol. The normalized spacial score (nSPS) is 14.1. The Kier molecular flexibility index (Phi) is 7.50. The number of hydrogen-bond donors (Lipinski definition) is 0. The summed E-state index contributed by atoms with van der Waals surface area (Å²) >= 11 is 0. The number of para-hydroxylation sites is 1. The van der Waals surface area contributed by atoms with E-state index in [1.54, 1.807) is 0 Å². The minimum atomic E-state index is -0.415. The van der Waals surface area contributed by atoms with E-state index in [-0.39, 0.29) is 5.41 Å². The molecule has 11 rings (SSSR count). The maximum Gasteiger partial charge on any atom is 0.0719 e. The fourth-order valence-corrected chi connectivity index (χ4v) is 10.1. The van der Waals surface area contributed by atoms with E-state index in [2.05, 4.69) is 231 Å². The molecule has 1 nitrogen and oxygen atoms in total. The van der Waals surface area contributed by atoms with Crippen molar-refractivity contribution in [2.45, 2.75) is 24.7 Å². The van der Waals surface area contributed by atoms with Crippen molar-refractivity contribution in [3.05, 3.63) is 246 Å². The minimum Gasteiger partial charge on any atom is -0.310 e. The van der Waals surface area contributed by atoms with Crippen LogP contribution >= 0.6 is 0 Å². The molecule has 0 fully saturated rings. The number of nitrogens with zero attached hydrogens (tertiary/aromatic N) is 1. The van der Waals surface area contributed by atoms with Crippen molar-refractivity contribution in [1.29, 1.82) is 0 Å². The SMILES string of the molecule is CC1(C)c2ccccc2C2(c3ccccc3-c3ccccc32)c2ccc(-c3ccccc3N(c3cccc(-c4ccccc4)c3)c3ccc4ccccc4c3)cc21. The molecule has 1 heteroatoms. The van der Waals surface area contributed by atoms with Crippen LogP contribution in [0.3, 0.4) is 0 Å². The van der Waals surface area contributed by atoms with Gasteiger partial charge in [-0.05, 0) is 108 Å². The first-order valence-electron chi connectivity index (χ1n) is 20.0. The molecule has 0 N–H and O–H groups in total. The molecular weight excluding hydrogens is 687 g/mol. The number of anilines is 3. The molecule has 0 atom stereocenters. The summed E-state index contributed by atoms with van der Waals surface area (Å²) in [5, 5.41) is 2.45. The summed E-state index contributed by atoms with van der Waals surface area (Å²) in [6.45, 7) is 4.83. The molecule has 0 aliphatic heterocycles. The van der Waals surface area contributed by atoms with Gasteiger partial charge in [0.1, 0.15) is 0 Å². The second kappa shape index (κ2) is 12.8. The maximum atomic E-state index is 2.51. The Bertz CT molecular complexity index is 2960. The fraction of sp³-hybridized carbons (Fsp3) is 0.0714. The van der Waals surface area contributed by atoms with Gasteiger partial charge in [-0.2, -0.15) is 0 Å². The Morgan fingerprint density at radius 2 is 0.877 bits per heavy atom. The summed E-state index contributed by atoms with van der Waals surface area (Å²) in [5.41, 5.74) is 18.4. The Labute approximate surface area is 335 Å². The van der Waals surface area contributed by atoms with Crippen LogP contribution in [0, 0.1) is 0 Å². The summed E-state index contributed by atoms with van der Waals surface area (Å²) in [5.74, 6) is 0. The van der Waals surface area contributed by atoms with Gasteiger partial charge in [0, 0.05) is 22.4 Å². The molecule has 2 aliphatic carbocycles. The molecule has 0 heterocycles. The largest absolute Gasteiger partial charge is 0.310 e. The molecule has 1 spiro atoms. The van der Waals surface area contributed by atoms with Crippen LogP contribution < -0.4 is 4.90 Å². The highest BCUT2D eigenvalue weighted by molar-refractivity contribution is 5.94. The van der Waals surface area contributed by atoms with Crippen LogP contribution in [0.4, 0.5) is 17.1 Å². The Hall–Kier alpha value is -6.96. The zero-order valence-corrected chi connectivity index (χ0v) is 32.2. The van der Waals surface area contributed by atoms with Crippen LogP contribution in [0.5, 0.6) is 0 Å². The molecule has 57 heavy (non-hydrogen) atoms. The first-order chi connectivity index (χ1) is 28.0. The smallest absolute Gasteiger partial charge is 0.0719 e. The highest BCUT2D eigenvalue weighted by atomic mass is 15.1. The van der Waals surface area contributed by atoms with E-state index in [1.807, 2.05) is 0 Å². The van der Waals surface area contributed by atoms with Gasteiger partial charge in [-0.1, -0.05) is 190 Å². The third kappa shape index (κ3) is 4.95. The average Bonchev–Trinajstić information content (AvgIpc) is 3.57. The zero-order valence-electron chi connectivity index (χ0n) is 32.2. The molecule has 9 aromatic rings. The molecule has 0 bridgehead atoms. The van der Waals surface area contributed by atoms with Crippen LogP contribution in [0.15, 0.2) is 212 Å². The van der Waals surface area contributed by atoms with Crippen molar-refractivity contribution in [3.8, 4) is 33.4 Å². The minimum absolute atomic E-state index is 0.239. The Morgan fingerprint density at radius 1 is 0.316 bits per heavy atom. The van der Waals surface area contributed by atoms with Crippen molar-refractivity contribution >= 4 is 27.8 Å². The van der Waals surface area contributed by atoms with Crippen LogP contribution in [-0.2, 0) is 10.8 Å². The van der Waals surface area contributed by atoms with E-state index in [9.17, 15) is 0 Å². The van der Waals surface area contributed by atoms with Crippen molar-refractivity contribution in [1.82, 2.24) is 0 Å². The number of hydrogen-bond acceptors (Lipinski definition) is 1.